The molecule has 8 nitrogen and oxygen atoms in total. The van der Waals surface area contributed by atoms with E-state index in [2.05, 4.69) is 20.8 Å². The Balaban J connectivity index is 1.67. The summed E-state index contributed by atoms with van der Waals surface area (Å²) in [4.78, 5) is 12.5. The van der Waals surface area contributed by atoms with Gasteiger partial charge in [-0.05, 0) is 48.0 Å². The molecule has 2 aromatic carbocycles. The van der Waals surface area contributed by atoms with Gasteiger partial charge in [0.1, 0.15) is 17.2 Å². The van der Waals surface area contributed by atoms with Gasteiger partial charge in [0.2, 0.25) is 11.1 Å². The van der Waals surface area contributed by atoms with Crippen LogP contribution in [0.15, 0.2) is 53.7 Å². The van der Waals surface area contributed by atoms with Gasteiger partial charge in [0, 0.05) is 0 Å². The standard InChI is InChI=1S/C20H23N5O3S/c1-3-13-28-17-11-7-5-9-15(17)21-19(26)14-29-20-22-23-24-25(20)16-10-6-8-12-18(16)27-4-2/h5-12H,3-4,13-14H2,1-2H3,(H,21,26). The maximum atomic E-state index is 12.5. The molecular formula is C20H23N5O3S. The van der Waals surface area contributed by atoms with E-state index in [0.29, 0.717) is 35.6 Å². The molecule has 0 bridgehead atoms. The van der Waals surface area contributed by atoms with Crippen molar-refractivity contribution in [2.45, 2.75) is 25.4 Å². The smallest absolute Gasteiger partial charge is 0.234 e. The molecule has 1 heterocycles. The van der Waals surface area contributed by atoms with Gasteiger partial charge in [-0.2, -0.15) is 4.68 Å². The first-order chi connectivity index (χ1) is 14.2. The highest BCUT2D eigenvalue weighted by atomic mass is 32.2. The lowest BCUT2D eigenvalue weighted by atomic mass is 10.3. The van der Waals surface area contributed by atoms with E-state index in [-0.39, 0.29) is 11.7 Å². The molecule has 29 heavy (non-hydrogen) atoms. The van der Waals surface area contributed by atoms with Gasteiger partial charge in [-0.3, -0.25) is 4.79 Å². The van der Waals surface area contributed by atoms with E-state index >= 15 is 0 Å². The molecule has 0 aliphatic heterocycles. The van der Waals surface area contributed by atoms with Crippen LogP contribution in [0.2, 0.25) is 0 Å². The third-order valence-corrected chi connectivity index (χ3v) is 4.71. The average molecular weight is 414 g/mol. The summed E-state index contributed by atoms with van der Waals surface area (Å²) in [5.74, 6) is 1.31. The van der Waals surface area contributed by atoms with Gasteiger partial charge >= 0.3 is 0 Å². The minimum Gasteiger partial charge on any atom is -0.492 e. The molecule has 0 unspecified atom stereocenters. The van der Waals surface area contributed by atoms with E-state index in [1.165, 1.54) is 11.8 Å². The average Bonchev–Trinajstić information content (AvgIpc) is 3.21. The van der Waals surface area contributed by atoms with Crippen LogP contribution in [0.1, 0.15) is 20.3 Å². The molecule has 1 aromatic heterocycles. The van der Waals surface area contributed by atoms with Gasteiger partial charge in [-0.1, -0.05) is 43.0 Å². The summed E-state index contributed by atoms with van der Waals surface area (Å²) in [6, 6.07) is 14.9. The Morgan fingerprint density at radius 2 is 1.83 bits per heavy atom. The maximum absolute atomic E-state index is 12.5. The lowest BCUT2D eigenvalue weighted by molar-refractivity contribution is -0.113. The predicted molar refractivity (Wildman–Crippen MR) is 112 cm³/mol. The second-order valence-corrected chi connectivity index (χ2v) is 6.90. The van der Waals surface area contributed by atoms with Crippen molar-refractivity contribution in [3.05, 3.63) is 48.5 Å². The van der Waals surface area contributed by atoms with E-state index < -0.39 is 0 Å². The normalized spacial score (nSPS) is 10.6. The molecule has 0 aliphatic rings. The van der Waals surface area contributed by atoms with Crippen molar-refractivity contribution in [1.82, 2.24) is 20.2 Å². The number of ether oxygens (including phenoxy) is 2. The highest BCUT2D eigenvalue weighted by Crippen LogP contribution is 2.27. The first-order valence-corrected chi connectivity index (χ1v) is 10.4. The van der Waals surface area contributed by atoms with Gasteiger partial charge in [0.05, 0.1) is 24.7 Å². The number of para-hydroxylation sites is 4. The van der Waals surface area contributed by atoms with Crippen LogP contribution in [0.5, 0.6) is 11.5 Å². The molecule has 0 saturated carbocycles. The third-order valence-electron chi connectivity index (χ3n) is 3.79. The summed E-state index contributed by atoms with van der Waals surface area (Å²) >= 11 is 1.24. The fourth-order valence-corrected chi connectivity index (χ4v) is 3.24. The van der Waals surface area contributed by atoms with Crippen LogP contribution >= 0.6 is 11.8 Å². The van der Waals surface area contributed by atoms with Crippen molar-refractivity contribution < 1.29 is 14.3 Å². The number of nitrogens with zero attached hydrogens (tertiary/aromatic N) is 4. The Morgan fingerprint density at radius 1 is 1.07 bits per heavy atom. The van der Waals surface area contributed by atoms with Crippen LogP contribution < -0.4 is 14.8 Å². The van der Waals surface area contributed by atoms with Crippen LogP contribution in [0.3, 0.4) is 0 Å². The number of hydrogen-bond acceptors (Lipinski definition) is 7. The van der Waals surface area contributed by atoms with Crippen molar-refractivity contribution >= 4 is 23.4 Å². The zero-order chi connectivity index (χ0) is 20.5. The molecule has 152 valence electrons. The highest BCUT2D eigenvalue weighted by Gasteiger charge is 2.15. The molecule has 0 fully saturated rings. The number of carbonyl (C=O) groups is 1. The summed E-state index contributed by atoms with van der Waals surface area (Å²) < 4.78 is 12.9. The molecule has 1 amide bonds. The number of hydrogen-bond donors (Lipinski definition) is 1. The lowest BCUT2D eigenvalue weighted by Crippen LogP contribution is -2.15. The molecular weight excluding hydrogens is 390 g/mol. The van der Waals surface area contributed by atoms with Gasteiger partial charge in [-0.25, -0.2) is 0 Å². The Kier molecular flexibility index (Phi) is 7.46. The van der Waals surface area contributed by atoms with Crippen LogP contribution in [0.25, 0.3) is 5.69 Å². The maximum Gasteiger partial charge on any atom is 0.234 e. The summed E-state index contributed by atoms with van der Waals surface area (Å²) in [6.07, 6.45) is 0.893. The van der Waals surface area contributed by atoms with E-state index in [0.717, 1.165) is 12.1 Å². The van der Waals surface area contributed by atoms with E-state index in [1.807, 2.05) is 62.4 Å². The number of thioether (sulfide) groups is 1. The summed E-state index contributed by atoms with van der Waals surface area (Å²) in [7, 11) is 0. The molecule has 9 heteroatoms. The Hall–Kier alpha value is -3.07. The van der Waals surface area contributed by atoms with Crippen LogP contribution in [0, 0.1) is 0 Å². The van der Waals surface area contributed by atoms with Gasteiger partial charge in [0.15, 0.2) is 0 Å². The summed E-state index contributed by atoms with van der Waals surface area (Å²) in [5, 5.41) is 15.2. The number of anilines is 1. The number of carbonyl (C=O) groups excluding carboxylic acids is 1. The summed E-state index contributed by atoms with van der Waals surface area (Å²) in [6.45, 7) is 5.07. The Bertz CT molecular complexity index is 947. The number of benzene rings is 2. The number of amides is 1. The van der Waals surface area contributed by atoms with E-state index in [4.69, 9.17) is 9.47 Å². The zero-order valence-electron chi connectivity index (χ0n) is 16.4. The first-order valence-electron chi connectivity index (χ1n) is 9.38. The summed E-state index contributed by atoms with van der Waals surface area (Å²) in [5.41, 5.74) is 1.37. The molecule has 1 N–H and O–H groups in total. The first kappa shape index (κ1) is 20.7. The fraction of sp³-hybridized carbons (Fsp3) is 0.300. The second-order valence-electron chi connectivity index (χ2n) is 5.96. The molecule has 0 aliphatic carbocycles. The molecule has 3 rings (SSSR count). The fourth-order valence-electron chi connectivity index (χ4n) is 2.55. The Labute approximate surface area is 173 Å². The predicted octanol–water partition coefficient (Wildman–Crippen LogP) is 3.58. The number of aromatic nitrogens is 4. The van der Waals surface area contributed by atoms with Crippen LogP contribution in [-0.4, -0.2) is 45.1 Å². The minimum absolute atomic E-state index is 0.152. The van der Waals surface area contributed by atoms with Crippen molar-refractivity contribution in [2.24, 2.45) is 0 Å². The molecule has 3 aromatic rings. The number of tetrazole rings is 1. The van der Waals surface area contributed by atoms with Gasteiger partial charge in [0.25, 0.3) is 0 Å². The number of rotatable bonds is 10. The third kappa shape index (κ3) is 5.47. The van der Waals surface area contributed by atoms with Crippen LogP contribution in [0.4, 0.5) is 5.69 Å². The lowest BCUT2D eigenvalue weighted by Gasteiger charge is -2.12. The van der Waals surface area contributed by atoms with Crippen molar-refractivity contribution in [3.8, 4) is 17.2 Å². The van der Waals surface area contributed by atoms with Gasteiger partial charge < -0.3 is 14.8 Å². The Morgan fingerprint density at radius 3 is 2.62 bits per heavy atom. The second kappa shape index (κ2) is 10.5. The molecule has 0 spiro atoms. The van der Waals surface area contributed by atoms with Gasteiger partial charge in [-0.15, -0.1) is 5.10 Å². The topological polar surface area (TPSA) is 91.2 Å². The van der Waals surface area contributed by atoms with Crippen molar-refractivity contribution in [2.75, 3.05) is 24.3 Å². The largest absolute Gasteiger partial charge is 0.492 e. The van der Waals surface area contributed by atoms with E-state index in [1.54, 1.807) is 4.68 Å². The van der Waals surface area contributed by atoms with Crippen molar-refractivity contribution in [3.63, 3.8) is 0 Å². The molecule has 0 saturated heterocycles. The quantitative estimate of drug-likeness (QED) is 0.508. The SMILES string of the molecule is CCCOc1ccccc1NC(=O)CSc1nnnn1-c1ccccc1OCC. The van der Waals surface area contributed by atoms with E-state index in [9.17, 15) is 4.79 Å². The number of nitrogens with one attached hydrogen (secondary N) is 1. The zero-order valence-corrected chi connectivity index (χ0v) is 17.2. The highest BCUT2D eigenvalue weighted by molar-refractivity contribution is 7.99. The minimum atomic E-state index is -0.171. The molecule has 0 radical (unpaired) electrons. The van der Waals surface area contributed by atoms with Crippen LogP contribution in [-0.2, 0) is 4.79 Å². The monoisotopic (exact) mass is 413 g/mol. The molecule has 0 atom stereocenters. The van der Waals surface area contributed by atoms with Crippen molar-refractivity contribution in [1.29, 1.82) is 0 Å².